The predicted octanol–water partition coefficient (Wildman–Crippen LogP) is 5.86. The van der Waals surface area contributed by atoms with Gasteiger partial charge < -0.3 is 15.0 Å². The average molecular weight is 608 g/mol. The van der Waals surface area contributed by atoms with Gasteiger partial charge >= 0.3 is 5.97 Å². The maximum atomic E-state index is 16.1. The molecule has 2 amide bonds. The van der Waals surface area contributed by atoms with Crippen LogP contribution >= 0.6 is 23.2 Å². The van der Waals surface area contributed by atoms with E-state index in [4.69, 9.17) is 27.9 Å². The van der Waals surface area contributed by atoms with Crippen molar-refractivity contribution in [1.29, 1.82) is 0 Å². The summed E-state index contributed by atoms with van der Waals surface area (Å²) in [5.74, 6) is -1.91. The van der Waals surface area contributed by atoms with Crippen LogP contribution < -0.4 is 5.32 Å². The fourth-order valence-electron chi connectivity index (χ4n) is 7.41. The van der Waals surface area contributed by atoms with Gasteiger partial charge in [-0.2, -0.15) is 0 Å². The highest BCUT2D eigenvalue weighted by Crippen LogP contribution is 2.61. The van der Waals surface area contributed by atoms with Gasteiger partial charge in [-0.25, -0.2) is 9.18 Å². The number of amides is 2. The molecule has 3 heterocycles. The molecule has 7 rings (SSSR count). The third-order valence-corrected chi connectivity index (χ3v) is 9.86. The van der Waals surface area contributed by atoms with Crippen molar-refractivity contribution in [2.45, 2.75) is 42.8 Å². The van der Waals surface area contributed by atoms with Crippen LogP contribution in [-0.4, -0.2) is 59.9 Å². The normalized spacial score (nSPS) is 26.3. The number of fused-ring (bicyclic) bond motifs is 3. The van der Waals surface area contributed by atoms with Gasteiger partial charge in [0.1, 0.15) is 11.4 Å². The number of methoxy groups -OCH3 is 1. The van der Waals surface area contributed by atoms with Gasteiger partial charge in [0.05, 0.1) is 23.7 Å². The highest BCUT2D eigenvalue weighted by Gasteiger charge is 2.70. The molecule has 216 valence electrons. The molecule has 2 saturated heterocycles. The number of rotatable bonds is 5. The molecule has 4 atom stereocenters. The van der Waals surface area contributed by atoms with Crippen LogP contribution in [0.5, 0.6) is 0 Å². The van der Waals surface area contributed by atoms with Crippen molar-refractivity contribution in [3.63, 3.8) is 0 Å². The first-order chi connectivity index (χ1) is 20.2. The molecule has 4 aliphatic rings. The quantitative estimate of drug-likeness (QED) is 0.368. The topological polar surface area (TPSA) is 79.0 Å². The Kier molecular flexibility index (Phi) is 6.57. The molecule has 1 N–H and O–H groups in total. The van der Waals surface area contributed by atoms with E-state index >= 15 is 4.39 Å². The predicted molar refractivity (Wildman–Crippen MR) is 156 cm³/mol. The molecule has 3 aliphatic heterocycles. The number of nitrogens with one attached hydrogen (secondary N) is 1. The standard InChI is InChI=1S/C32H28Cl2FN3O4/c1-42-30(40)19-9-7-18(8-10-19)29(39)37-14-13-25-28(37)26(21-3-2-4-23(34)27(21)35)32(38(25)16-17-5-6-17)22-12-11-20(33)15-24(22)36-31(32)41/h2-4,7-12,15,17,25-26,28H,5-6,13-14,16H2,1H3,(H,36,41)/t25-,26-,28?,32+/m0/s1. The van der Waals surface area contributed by atoms with Gasteiger partial charge in [0.25, 0.3) is 5.91 Å². The molecule has 3 aromatic carbocycles. The highest BCUT2D eigenvalue weighted by atomic mass is 35.5. The zero-order chi connectivity index (χ0) is 29.3. The second-order valence-electron chi connectivity index (χ2n) is 11.5. The molecule has 1 spiro atoms. The summed E-state index contributed by atoms with van der Waals surface area (Å²) in [5.41, 5.74) is 1.08. The number of ether oxygens (including phenoxy) is 1. The van der Waals surface area contributed by atoms with Crippen LogP contribution in [0.1, 0.15) is 57.0 Å². The number of nitrogens with zero attached hydrogens (tertiary/aromatic N) is 2. The smallest absolute Gasteiger partial charge is 0.337 e. The molecule has 1 aliphatic carbocycles. The zero-order valence-electron chi connectivity index (χ0n) is 22.8. The molecule has 10 heteroatoms. The minimum Gasteiger partial charge on any atom is -0.465 e. The Bertz CT molecular complexity index is 1630. The molecule has 0 aromatic heterocycles. The lowest BCUT2D eigenvalue weighted by Gasteiger charge is -2.41. The van der Waals surface area contributed by atoms with Crippen LogP contribution in [-0.2, 0) is 15.1 Å². The summed E-state index contributed by atoms with van der Waals surface area (Å²) in [4.78, 5) is 44.5. The number of esters is 1. The molecule has 3 aromatic rings. The Morgan fingerprint density at radius 1 is 1.05 bits per heavy atom. The molecular weight excluding hydrogens is 580 g/mol. The first-order valence-corrected chi connectivity index (χ1v) is 14.8. The Morgan fingerprint density at radius 2 is 1.79 bits per heavy atom. The van der Waals surface area contributed by atoms with Gasteiger partial charge in [-0.3, -0.25) is 14.5 Å². The van der Waals surface area contributed by atoms with E-state index in [0.717, 1.165) is 18.4 Å². The summed E-state index contributed by atoms with van der Waals surface area (Å²) in [6.07, 6.45) is 2.74. The maximum Gasteiger partial charge on any atom is 0.337 e. The van der Waals surface area contributed by atoms with Crippen molar-refractivity contribution < 1.29 is 23.5 Å². The van der Waals surface area contributed by atoms with Crippen LogP contribution in [0.2, 0.25) is 10.0 Å². The van der Waals surface area contributed by atoms with E-state index in [9.17, 15) is 14.4 Å². The molecule has 7 nitrogen and oxygen atoms in total. The van der Waals surface area contributed by atoms with Crippen LogP contribution in [0.15, 0.2) is 60.7 Å². The lowest BCUT2D eigenvalue weighted by Crippen LogP contribution is -2.53. The van der Waals surface area contributed by atoms with Crippen molar-refractivity contribution in [1.82, 2.24) is 9.80 Å². The largest absolute Gasteiger partial charge is 0.465 e. The first kappa shape index (κ1) is 27.4. The summed E-state index contributed by atoms with van der Waals surface area (Å²) >= 11 is 12.7. The third-order valence-electron chi connectivity index (χ3n) is 9.33. The number of hydrogen-bond acceptors (Lipinski definition) is 5. The number of benzene rings is 3. The highest BCUT2D eigenvalue weighted by molar-refractivity contribution is 6.31. The Hall–Kier alpha value is -3.46. The lowest BCUT2D eigenvalue weighted by molar-refractivity contribution is -0.128. The summed E-state index contributed by atoms with van der Waals surface area (Å²) in [6, 6.07) is 15.8. The van der Waals surface area contributed by atoms with Crippen LogP contribution in [0.3, 0.4) is 0 Å². The zero-order valence-corrected chi connectivity index (χ0v) is 24.3. The van der Waals surface area contributed by atoms with Gasteiger partial charge in [0, 0.05) is 46.9 Å². The second-order valence-corrected chi connectivity index (χ2v) is 12.4. The molecule has 0 radical (unpaired) electrons. The number of hydrogen-bond donors (Lipinski definition) is 1. The first-order valence-electron chi connectivity index (χ1n) is 14.1. The second kappa shape index (κ2) is 10.1. The van der Waals surface area contributed by atoms with E-state index in [-0.39, 0.29) is 22.9 Å². The number of likely N-dealkylation sites (tertiary alicyclic amines) is 2. The minimum absolute atomic E-state index is 0.0381. The summed E-state index contributed by atoms with van der Waals surface area (Å²) in [6.45, 7) is 1.10. The Morgan fingerprint density at radius 3 is 2.50 bits per heavy atom. The maximum absolute atomic E-state index is 16.1. The molecule has 1 unspecified atom stereocenters. The van der Waals surface area contributed by atoms with Gasteiger partial charge in [-0.1, -0.05) is 41.4 Å². The number of carbonyl (C=O) groups excluding carboxylic acids is 3. The van der Waals surface area contributed by atoms with Gasteiger partial charge in [-0.05, 0) is 73.2 Å². The fourth-order valence-corrected chi connectivity index (χ4v) is 7.77. The molecule has 1 saturated carbocycles. The van der Waals surface area contributed by atoms with Gasteiger partial charge in [0.15, 0.2) is 0 Å². The average Bonchev–Trinajstić information content (AvgIpc) is 3.55. The Labute approximate surface area is 252 Å². The van der Waals surface area contributed by atoms with E-state index in [2.05, 4.69) is 10.2 Å². The van der Waals surface area contributed by atoms with E-state index in [0.29, 0.717) is 52.8 Å². The van der Waals surface area contributed by atoms with Crippen molar-refractivity contribution in [2.24, 2.45) is 5.92 Å². The van der Waals surface area contributed by atoms with Crippen molar-refractivity contribution >= 4 is 46.7 Å². The molecular formula is C32H28Cl2FN3O4. The number of anilines is 1. The summed E-state index contributed by atoms with van der Waals surface area (Å²) < 4.78 is 20.9. The summed E-state index contributed by atoms with van der Waals surface area (Å²) in [5, 5.41) is 3.49. The van der Waals surface area contributed by atoms with Gasteiger partial charge in [0.2, 0.25) is 5.91 Å². The lowest BCUT2D eigenvalue weighted by atomic mass is 9.73. The van der Waals surface area contributed by atoms with E-state index in [1.807, 2.05) is 6.07 Å². The summed E-state index contributed by atoms with van der Waals surface area (Å²) in [7, 11) is 1.30. The molecule has 3 fully saturated rings. The fraction of sp³-hybridized carbons (Fsp3) is 0.344. The number of carbonyl (C=O) groups is 3. The van der Waals surface area contributed by atoms with Crippen molar-refractivity contribution in [2.75, 3.05) is 25.5 Å². The van der Waals surface area contributed by atoms with Crippen LogP contribution in [0.4, 0.5) is 10.1 Å². The van der Waals surface area contributed by atoms with Crippen LogP contribution in [0.25, 0.3) is 0 Å². The van der Waals surface area contributed by atoms with Gasteiger partial charge in [-0.15, -0.1) is 0 Å². The monoisotopic (exact) mass is 607 g/mol. The van der Waals surface area contributed by atoms with Crippen molar-refractivity contribution in [3.05, 3.63) is 98.8 Å². The third kappa shape index (κ3) is 3.99. The Balaban J connectivity index is 1.40. The van der Waals surface area contributed by atoms with Crippen LogP contribution in [0, 0.1) is 11.7 Å². The molecule has 42 heavy (non-hydrogen) atoms. The molecule has 0 bridgehead atoms. The van der Waals surface area contributed by atoms with Crippen molar-refractivity contribution in [3.8, 4) is 0 Å². The SMILES string of the molecule is COC(=O)c1ccc(C(=O)N2CC[C@H]3C2[C@H](c2cccc(Cl)c2F)[C@]2(C(=O)Nc4cc(Cl)ccc42)N3CC2CC2)cc1. The van der Waals surface area contributed by atoms with E-state index < -0.39 is 29.3 Å². The minimum atomic E-state index is -1.27. The number of halogens is 3. The van der Waals surface area contributed by atoms with E-state index in [1.165, 1.54) is 13.2 Å². The van der Waals surface area contributed by atoms with E-state index in [1.54, 1.807) is 53.4 Å².